The van der Waals surface area contributed by atoms with Crippen molar-refractivity contribution in [1.29, 1.82) is 0 Å². The molecule has 0 fully saturated rings. The van der Waals surface area contributed by atoms with Crippen molar-refractivity contribution in [3.8, 4) is 11.5 Å². The predicted octanol–water partition coefficient (Wildman–Crippen LogP) is 0.734. The predicted molar refractivity (Wildman–Crippen MR) is 41.9 cm³/mol. The van der Waals surface area contributed by atoms with Crippen LogP contribution in [0.5, 0.6) is 0 Å². The van der Waals surface area contributed by atoms with Crippen molar-refractivity contribution in [2.45, 2.75) is 0 Å². The van der Waals surface area contributed by atoms with E-state index in [0.717, 1.165) is 0 Å². The third-order valence-corrected chi connectivity index (χ3v) is 1.32. The van der Waals surface area contributed by atoms with Crippen LogP contribution in [0.25, 0.3) is 11.5 Å². The highest BCUT2D eigenvalue weighted by atomic mass is 14.9. The van der Waals surface area contributed by atoms with Gasteiger partial charge in [-0.05, 0) is 0 Å². The van der Waals surface area contributed by atoms with Gasteiger partial charge < -0.3 is 0 Å². The summed E-state index contributed by atoms with van der Waals surface area (Å²) in [7, 11) is 0. The van der Waals surface area contributed by atoms with Gasteiger partial charge in [-0.2, -0.15) is 0 Å². The van der Waals surface area contributed by atoms with Crippen LogP contribution in [0, 0.1) is 6.07 Å². The van der Waals surface area contributed by atoms with E-state index in [9.17, 15) is 0 Å². The molecule has 2 aromatic rings. The van der Waals surface area contributed by atoms with Gasteiger partial charge >= 0.3 is 0 Å². The number of hydrogen-bond acceptors (Lipinski definition) is 4. The van der Waals surface area contributed by atoms with Gasteiger partial charge in [-0.25, -0.2) is 15.0 Å². The van der Waals surface area contributed by atoms with E-state index in [2.05, 4.69) is 26.0 Å². The zero-order chi connectivity index (χ0) is 8.23. The van der Waals surface area contributed by atoms with Crippen LogP contribution < -0.4 is 0 Å². The van der Waals surface area contributed by atoms with E-state index in [4.69, 9.17) is 0 Å². The highest BCUT2D eigenvalue weighted by Crippen LogP contribution is 2.05. The molecule has 57 valence electrons. The molecule has 1 radical (unpaired) electrons. The third-order valence-electron chi connectivity index (χ3n) is 1.32. The van der Waals surface area contributed by atoms with Gasteiger partial charge in [0.05, 0.1) is 6.20 Å². The molecule has 2 heterocycles. The molecule has 0 bridgehead atoms. The lowest BCUT2D eigenvalue weighted by molar-refractivity contribution is 1.11. The lowest BCUT2D eigenvalue weighted by Gasteiger charge is -1.94. The van der Waals surface area contributed by atoms with Crippen molar-refractivity contribution in [3.63, 3.8) is 0 Å². The second-order valence-corrected chi connectivity index (χ2v) is 2.10. The van der Waals surface area contributed by atoms with Gasteiger partial charge in [0.2, 0.25) is 0 Å². The topological polar surface area (TPSA) is 51.6 Å². The Morgan fingerprint density at radius 3 is 2.50 bits per heavy atom. The van der Waals surface area contributed by atoms with Crippen LogP contribution in [0.3, 0.4) is 0 Å². The van der Waals surface area contributed by atoms with E-state index in [0.29, 0.717) is 11.5 Å². The molecule has 0 N–H and O–H groups in total. The first-order valence-electron chi connectivity index (χ1n) is 3.41. The van der Waals surface area contributed by atoms with E-state index < -0.39 is 0 Å². The van der Waals surface area contributed by atoms with Crippen LogP contribution in [0.15, 0.2) is 31.0 Å². The largest absolute Gasteiger partial charge is 0.261 e. The Labute approximate surface area is 69.4 Å². The summed E-state index contributed by atoms with van der Waals surface area (Å²) in [6, 6.07) is 2.73. The molecule has 0 aromatic carbocycles. The van der Waals surface area contributed by atoms with Crippen LogP contribution in [0.4, 0.5) is 0 Å². The lowest BCUT2D eigenvalue weighted by atomic mass is 10.4. The second kappa shape index (κ2) is 3.04. The van der Waals surface area contributed by atoms with Crippen molar-refractivity contribution in [2.75, 3.05) is 0 Å². The first kappa shape index (κ1) is 6.84. The maximum Gasteiger partial charge on any atom is 0.179 e. The number of aromatic nitrogens is 4. The Balaban J connectivity index is 2.46. The molecular formula is C8H5N4. The maximum atomic E-state index is 4.05. The highest BCUT2D eigenvalue weighted by molar-refractivity contribution is 5.45. The van der Waals surface area contributed by atoms with E-state index in [-0.39, 0.29) is 0 Å². The Bertz CT molecular complexity index is 308. The number of nitrogens with zero attached hydrogens (tertiary/aromatic N) is 4. The molecule has 0 saturated heterocycles. The maximum absolute atomic E-state index is 4.05. The molecular weight excluding hydrogens is 152 g/mol. The van der Waals surface area contributed by atoms with Crippen LogP contribution in [-0.4, -0.2) is 19.9 Å². The van der Waals surface area contributed by atoms with Crippen molar-refractivity contribution < 1.29 is 0 Å². The summed E-state index contributed by atoms with van der Waals surface area (Å²) < 4.78 is 0. The average Bonchev–Trinajstić information content (AvgIpc) is 2.21. The summed E-state index contributed by atoms with van der Waals surface area (Å²) in [5.74, 6) is 0.571. The van der Waals surface area contributed by atoms with Gasteiger partial charge in [0.15, 0.2) is 5.82 Å². The summed E-state index contributed by atoms with van der Waals surface area (Å²) in [6.45, 7) is 0. The van der Waals surface area contributed by atoms with Crippen LogP contribution in [0.2, 0.25) is 0 Å². The highest BCUT2D eigenvalue weighted by Gasteiger charge is 1.98. The van der Waals surface area contributed by atoms with Crippen LogP contribution in [0.1, 0.15) is 0 Å². The van der Waals surface area contributed by atoms with Crippen LogP contribution >= 0.6 is 0 Å². The Hall–Kier alpha value is -1.84. The Kier molecular flexibility index (Phi) is 1.74. The Morgan fingerprint density at radius 1 is 1.00 bits per heavy atom. The first-order chi connectivity index (χ1) is 5.97. The number of rotatable bonds is 1. The fraction of sp³-hybridized carbons (Fsp3) is 0. The monoisotopic (exact) mass is 157 g/mol. The summed E-state index contributed by atoms with van der Waals surface area (Å²) in [5, 5.41) is 0. The summed E-state index contributed by atoms with van der Waals surface area (Å²) in [5.41, 5.74) is 0.673. The molecule has 2 aromatic heterocycles. The smallest absolute Gasteiger partial charge is 0.179 e. The minimum atomic E-state index is 0.571. The quantitative estimate of drug-likeness (QED) is 0.612. The van der Waals surface area contributed by atoms with Gasteiger partial charge in [-0.15, -0.1) is 0 Å². The van der Waals surface area contributed by atoms with Crippen molar-refractivity contribution in [1.82, 2.24) is 19.9 Å². The molecule has 4 heteroatoms. The molecule has 0 aliphatic carbocycles. The second-order valence-electron chi connectivity index (χ2n) is 2.10. The average molecular weight is 157 g/mol. The first-order valence-corrected chi connectivity index (χ1v) is 3.41. The molecule has 0 spiro atoms. The molecule has 4 nitrogen and oxygen atoms in total. The van der Waals surface area contributed by atoms with Gasteiger partial charge in [0.1, 0.15) is 5.69 Å². The molecule has 0 aliphatic rings. The van der Waals surface area contributed by atoms with E-state index >= 15 is 0 Å². The van der Waals surface area contributed by atoms with Crippen molar-refractivity contribution >= 4 is 0 Å². The fourth-order valence-corrected chi connectivity index (χ4v) is 0.810. The SMILES string of the molecule is [c]1cnc(-c2cnccn2)nc1. The Morgan fingerprint density at radius 2 is 1.83 bits per heavy atom. The fourth-order valence-electron chi connectivity index (χ4n) is 0.810. The third kappa shape index (κ3) is 1.27. The standard InChI is InChI=1S/C8H5N4/c1-2-11-8(12-3-1)7-6-9-4-5-10-7/h2-6H. The van der Waals surface area contributed by atoms with Crippen molar-refractivity contribution in [2.24, 2.45) is 0 Å². The lowest BCUT2D eigenvalue weighted by Crippen LogP contribution is -1.89. The summed E-state index contributed by atoms with van der Waals surface area (Å²) in [4.78, 5) is 15.9. The van der Waals surface area contributed by atoms with E-state index in [1.165, 1.54) is 0 Å². The van der Waals surface area contributed by atoms with E-state index in [1.54, 1.807) is 31.0 Å². The molecule has 0 aliphatic heterocycles. The van der Waals surface area contributed by atoms with Gasteiger partial charge in [0.25, 0.3) is 0 Å². The van der Waals surface area contributed by atoms with Crippen LogP contribution in [-0.2, 0) is 0 Å². The molecule has 0 unspecified atom stereocenters. The molecule has 2 rings (SSSR count). The normalized spacial score (nSPS) is 9.67. The van der Waals surface area contributed by atoms with Gasteiger partial charge in [0, 0.05) is 30.9 Å². The minimum absolute atomic E-state index is 0.571. The van der Waals surface area contributed by atoms with E-state index in [1.807, 2.05) is 0 Å². The zero-order valence-corrected chi connectivity index (χ0v) is 6.18. The zero-order valence-electron chi connectivity index (χ0n) is 6.18. The molecule has 12 heavy (non-hydrogen) atoms. The number of hydrogen-bond donors (Lipinski definition) is 0. The molecule has 0 amide bonds. The summed E-state index contributed by atoms with van der Waals surface area (Å²) >= 11 is 0. The summed E-state index contributed by atoms with van der Waals surface area (Å²) in [6.07, 6.45) is 7.94. The molecule has 0 saturated carbocycles. The van der Waals surface area contributed by atoms with Gasteiger partial charge in [-0.1, -0.05) is 0 Å². The minimum Gasteiger partial charge on any atom is -0.261 e. The van der Waals surface area contributed by atoms with Crippen molar-refractivity contribution in [3.05, 3.63) is 37.1 Å². The van der Waals surface area contributed by atoms with Gasteiger partial charge in [-0.3, -0.25) is 4.98 Å². The molecule has 0 atom stereocenters.